The SMILES string of the molecule is CC.Cc1cc2c(-c3ccccc3)cccc2[cH-]1.Cc1cc2c(C(C)C)cc(C(C)C)cc2[cH-]1.Cl.Cl.[CH3-].[Si].[Zr+3]. The minimum absolute atomic E-state index is 0. The molecule has 5 radical (unpaired) electrons. The number of benzene rings is 3. The first-order valence-corrected chi connectivity index (χ1v) is 12.8. The predicted octanol–water partition coefficient (Wildman–Crippen LogP) is 11.6. The van der Waals surface area contributed by atoms with E-state index < -0.39 is 0 Å². The number of aryl methyl sites for hydroxylation is 2. The molecule has 0 heterocycles. The van der Waals surface area contributed by atoms with Crippen LogP contribution in [-0.4, -0.2) is 11.0 Å². The Balaban J connectivity index is -0.000000558. The minimum atomic E-state index is 0. The Morgan fingerprint density at radius 1 is 0.615 bits per heavy atom. The van der Waals surface area contributed by atoms with Gasteiger partial charge in [0.15, 0.2) is 0 Å². The van der Waals surface area contributed by atoms with Crippen molar-refractivity contribution < 1.29 is 26.2 Å². The summed E-state index contributed by atoms with van der Waals surface area (Å²) in [5.74, 6) is 1.21. The zero-order chi connectivity index (χ0) is 24.8. The zero-order valence-electron chi connectivity index (χ0n) is 25.1. The molecule has 0 aliphatic rings. The Hall–Kier alpha value is -1.44. The topological polar surface area (TPSA) is 0 Å². The molecule has 0 amide bonds. The van der Waals surface area contributed by atoms with Crippen molar-refractivity contribution in [2.24, 2.45) is 0 Å². The van der Waals surface area contributed by atoms with Crippen molar-refractivity contribution in [3.8, 4) is 11.1 Å². The Bertz CT molecular complexity index is 1350. The van der Waals surface area contributed by atoms with E-state index in [1.165, 1.54) is 54.9 Å². The van der Waals surface area contributed by atoms with Gasteiger partial charge < -0.3 is 7.43 Å². The number of rotatable bonds is 3. The second kappa shape index (κ2) is 19.6. The molecule has 5 rings (SSSR count). The standard InChI is InChI=1S/C16H13.C16H21.C2H6.CH3.2ClH.Si.Zr/c1-12-10-14-8-5-9-15(16(14)11-12)13-6-3-2-4-7-13;1-10(2)13-8-14-6-12(5)7-16(14)15(9-13)11(3)4;1-2;;;;;/h2-11H,1H3;6-11H,1-5H3;1-2H3;1H3;2*1H;;/q2*-1;;-1;;;;+3. The molecule has 39 heavy (non-hydrogen) atoms. The molecular formula is C35H45Cl2SiZr. The summed E-state index contributed by atoms with van der Waals surface area (Å²) in [6, 6.07) is 30.9. The Morgan fingerprint density at radius 2 is 1.15 bits per heavy atom. The maximum atomic E-state index is 2.39. The van der Waals surface area contributed by atoms with E-state index in [0.717, 1.165) is 0 Å². The van der Waals surface area contributed by atoms with E-state index in [1.807, 2.05) is 13.8 Å². The molecule has 0 bridgehead atoms. The van der Waals surface area contributed by atoms with Crippen LogP contribution in [0.1, 0.15) is 75.6 Å². The van der Waals surface area contributed by atoms with Gasteiger partial charge in [-0.25, -0.2) is 0 Å². The normalized spacial score (nSPS) is 9.49. The first-order chi connectivity index (χ1) is 16.3. The molecule has 0 N–H and O–H groups in total. The van der Waals surface area contributed by atoms with Crippen LogP contribution in [0, 0.1) is 21.3 Å². The van der Waals surface area contributed by atoms with Crippen LogP contribution < -0.4 is 0 Å². The summed E-state index contributed by atoms with van der Waals surface area (Å²) >= 11 is 0. The van der Waals surface area contributed by atoms with Crippen LogP contribution in [-0.2, 0) is 26.2 Å². The van der Waals surface area contributed by atoms with Gasteiger partial charge in [0.2, 0.25) is 0 Å². The van der Waals surface area contributed by atoms with Crippen LogP contribution in [0.5, 0.6) is 0 Å². The fourth-order valence-corrected chi connectivity index (χ4v) is 4.59. The van der Waals surface area contributed by atoms with Crippen LogP contribution in [0.3, 0.4) is 0 Å². The quantitative estimate of drug-likeness (QED) is 0.134. The molecule has 0 saturated heterocycles. The Kier molecular flexibility index (Phi) is 21.1. The van der Waals surface area contributed by atoms with Gasteiger partial charge in [0.1, 0.15) is 0 Å². The van der Waals surface area contributed by atoms with Crippen molar-refractivity contribution in [3.05, 3.63) is 115 Å². The monoisotopic (exact) mass is 653 g/mol. The van der Waals surface area contributed by atoms with Crippen LogP contribution >= 0.6 is 24.8 Å². The molecule has 0 nitrogen and oxygen atoms in total. The summed E-state index contributed by atoms with van der Waals surface area (Å²) < 4.78 is 0. The van der Waals surface area contributed by atoms with Gasteiger partial charge in [-0.1, -0.05) is 115 Å². The summed E-state index contributed by atoms with van der Waals surface area (Å²) in [4.78, 5) is 0. The third-order valence-corrected chi connectivity index (χ3v) is 6.29. The number of fused-ring (bicyclic) bond motifs is 2. The summed E-state index contributed by atoms with van der Waals surface area (Å²) in [7, 11) is 0. The van der Waals surface area contributed by atoms with Crippen molar-refractivity contribution in [1.82, 2.24) is 0 Å². The second-order valence-corrected chi connectivity index (χ2v) is 9.66. The average molecular weight is 656 g/mol. The molecule has 5 aromatic rings. The van der Waals surface area contributed by atoms with E-state index in [2.05, 4.69) is 126 Å². The minimum Gasteiger partial charge on any atom is -0.358 e. The molecule has 0 spiro atoms. The van der Waals surface area contributed by atoms with Gasteiger partial charge in [-0.15, -0.1) is 87.8 Å². The van der Waals surface area contributed by atoms with Gasteiger partial charge in [-0.3, -0.25) is 0 Å². The summed E-state index contributed by atoms with van der Waals surface area (Å²) in [6.45, 7) is 17.4. The van der Waals surface area contributed by atoms with Crippen LogP contribution in [0.4, 0.5) is 0 Å². The van der Waals surface area contributed by atoms with Crippen LogP contribution in [0.25, 0.3) is 32.7 Å². The second-order valence-electron chi connectivity index (χ2n) is 9.66. The summed E-state index contributed by atoms with van der Waals surface area (Å²) in [6.07, 6.45) is 0. The molecule has 5 aromatic carbocycles. The van der Waals surface area contributed by atoms with Gasteiger partial charge >= 0.3 is 26.2 Å². The average Bonchev–Trinajstić information content (AvgIpc) is 3.40. The van der Waals surface area contributed by atoms with Crippen LogP contribution in [0.2, 0.25) is 0 Å². The van der Waals surface area contributed by atoms with Crippen molar-refractivity contribution in [2.45, 2.75) is 67.2 Å². The van der Waals surface area contributed by atoms with Crippen molar-refractivity contribution in [2.75, 3.05) is 0 Å². The van der Waals surface area contributed by atoms with Crippen molar-refractivity contribution in [3.63, 3.8) is 0 Å². The van der Waals surface area contributed by atoms with Gasteiger partial charge in [0.05, 0.1) is 0 Å². The van der Waals surface area contributed by atoms with Crippen LogP contribution in [0.15, 0.2) is 84.9 Å². The maximum absolute atomic E-state index is 2.39. The van der Waals surface area contributed by atoms with Gasteiger partial charge in [0, 0.05) is 11.0 Å². The smallest absolute Gasteiger partial charge is 0.358 e. The summed E-state index contributed by atoms with van der Waals surface area (Å²) in [5.41, 5.74) is 8.28. The van der Waals surface area contributed by atoms with Gasteiger partial charge in [-0.2, -0.15) is 12.1 Å². The molecule has 0 fully saturated rings. The van der Waals surface area contributed by atoms with E-state index in [4.69, 9.17) is 0 Å². The molecule has 0 unspecified atom stereocenters. The molecule has 0 atom stereocenters. The number of hydrogen-bond donors (Lipinski definition) is 0. The largest absolute Gasteiger partial charge is 3.00 e. The molecule has 4 heteroatoms. The third-order valence-electron chi connectivity index (χ3n) is 6.29. The molecule has 207 valence electrons. The van der Waals surface area contributed by atoms with Gasteiger partial charge in [-0.05, 0) is 17.4 Å². The molecule has 0 saturated carbocycles. The number of hydrogen-bond acceptors (Lipinski definition) is 0. The van der Waals surface area contributed by atoms with Crippen molar-refractivity contribution >= 4 is 57.3 Å². The predicted molar refractivity (Wildman–Crippen MR) is 180 cm³/mol. The fraction of sp³-hybridized carbons (Fsp3) is 0.286. The van der Waals surface area contributed by atoms with E-state index in [9.17, 15) is 0 Å². The molecular weight excluding hydrogens is 611 g/mol. The zero-order valence-corrected chi connectivity index (χ0v) is 30.1. The number of halogens is 2. The first kappa shape index (κ1) is 42.0. The maximum Gasteiger partial charge on any atom is 3.00 e. The van der Waals surface area contributed by atoms with E-state index in [0.29, 0.717) is 11.8 Å². The fourth-order valence-electron chi connectivity index (χ4n) is 4.59. The molecule has 0 aromatic heterocycles. The summed E-state index contributed by atoms with van der Waals surface area (Å²) in [5, 5.41) is 5.54. The first-order valence-electron chi connectivity index (χ1n) is 12.8. The van der Waals surface area contributed by atoms with E-state index in [1.54, 1.807) is 0 Å². The Labute approximate surface area is 274 Å². The molecule has 0 aliphatic heterocycles. The van der Waals surface area contributed by atoms with E-state index in [-0.39, 0.29) is 69.4 Å². The Morgan fingerprint density at radius 3 is 1.69 bits per heavy atom. The molecule has 0 aliphatic carbocycles. The van der Waals surface area contributed by atoms with E-state index >= 15 is 0 Å². The third kappa shape index (κ3) is 10.5. The van der Waals surface area contributed by atoms with Crippen molar-refractivity contribution in [1.29, 1.82) is 0 Å². The van der Waals surface area contributed by atoms with Gasteiger partial charge in [0.25, 0.3) is 0 Å².